The second-order valence-electron chi connectivity index (χ2n) is 7.24. The molecule has 7 nitrogen and oxygen atoms in total. The molecule has 4 rings (SSSR count). The topological polar surface area (TPSA) is 86.1 Å². The largest absolute Gasteiger partial charge is 0.462 e. The van der Waals surface area contributed by atoms with E-state index in [0.717, 1.165) is 22.0 Å². The summed E-state index contributed by atoms with van der Waals surface area (Å²) in [5.41, 5.74) is 3.21. The number of amides is 1. The highest BCUT2D eigenvalue weighted by atomic mass is 35.5. The standard InChI is InChI=1S/C24H21ClN4O3/c1-4-32-24(31)18-13-26-29(22(18)28-23(30)17-9-5-6-11-19(17)25)20-12-15(3)16-10-7-8-14(2)21(16)27-20/h5-13H,4H2,1-3H3,(H,28,30). The van der Waals surface area contributed by atoms with E-state index in [2.05, 4.69) is 10.4 Å². The van der Waals surface area contributed by atoms with Gasteiger partial charge in [0, 0.05) is 5.39 Å². The Morgan fingerprint density at radius 3 is 2.59 bits per heavy atom. The Morgan fingerprint density at radius 1 is 1.06 bits per heavy atom. The van der Waals surface area contributed by atoms with Crippen molar-refractivity contribution in [2.75, 3.05) is 11.9 Å². The van der Waals surface area contributed by atoms with Gasteiger partial charge in [0.1, 0.15) is 5.56 Å². The molecule has 0 bridgehead atoms. The number of halogens is 1. The number of nitrogens with one attached hydrogen (secondary N) is 1. The van der Waals surface area contributed by atoms with Crippen LogP contribution in [-0.4, -0.2) is 33.2 Å². The van der Waals surface area contributed by atoms with E-state index in [0.29, 0.717) is 10.8 Å². The summed E-state index contributed by atoms with van der Waals surface area (Å²) in [5.74, 6) is -0.444. The normalized spacial score (nSPS) is 10.9. The van der Waals surface area contributed by atoms with Gasteiger partial charge in [-0.3, -0.25) is 4.79 Å². The molecule has 0 saturated heterocycles. The van der Waals surface area contributed by atoms with E-state index in [1.165, 1.54) is 10.9 Å². The molecule has 1 amide bonds. The molecule has 162 valence electrons. The number of anilines is 1. The van der Waals surface area contributed by atoms with Crippen molar-refractivity contribution in [3.63, 3.8) is 0 Å². The Bertz CT molecular complexity index is 1350. The molecule has 2 aromatic carbocycles. The third kappa shape index (κ3) is 3.94. The molecule has 8 heteroatoms. The third-order valence-electron chi connectivity index (χ3n) is 5.07. The molecular weight excluding hydrogens is 428 g/mol. The zero-order chi connectivity index (χ0) is 22.8. The highest BCUT2D eigenvalue weighted by molar-refractivity contribution is 6.34. The van der Waals surface area contributed by atoms with Crippen molar-refractivity contribution in [3.05, 3.63) is 82.0 Å². The minimum atomic E-state index is -0.595. The first-order valence-electron chi connectivity index (χ1n) is 10.1. The lowest BCUT2D eigenvalue weighted by molar-refractivity contribution is 0.0527. The maximum absolute atomic E-state index is 13.0. The molecule has 0 aliphatic rings. The SMILES string of the molecule is CCOC(=O)c1cnn(-c2cc(C)c3cccc(C)c3n2)c1NC(=O)c1ccccc1Cl. The zero-order valence-corrected chi connectivity index (χ0v) is 18.6. The minimum absolute atomic E-state index is 0.122. The fourth-order valence-corrected chi connectivity index (χ4v) is 3.69. The van der Waals surface area contributed by atoms with E-state index >= 15 is 0 Å². The molecule has 2 heterocycles. The number of aryl methyl sites for hydroxylation is 2. The number of carbonyl (C=O) groups excluding carboxylic acids is 2. The predicted octanol–water partition coefficient (Wildman–Crippen LogP) is 5.12. The van der Waals surface area contributed by atoms with Crippen LogP contribution in [0.25, 0.3) is 16.7 Å². The van der Waals surface area contributed by atoms with Gasteiger partial charge in [0.25, 0.3) is 5.91 Å². The number of hydrogen-bond donors (Lipinski definition) is 1. The van der Waals surface area contributed by atoms with Crippen molar-refractivity contribution < 1.29 is 14.3 Å². The Labute approximate surface area is 190 Å². The number of benzene rings is 2. The summed E-state index contributed by atoms with van der Waals surface area (Å²) in [7, 11) is 0. The van der Waals surface area contributed by atoms with E-state index in [1.54, 1.807) is 31.2 Å². The van der Waals surface area contributed by atoms with E-state index in [1.807, 2.05) is 38.1 Å². The summed E-state index contributed by atoms with van der Waals surface area (Å²) >= 11 is 6.18. The van der Waals surface area contributed by atoms with Gasteiger partial charge in [-0.05, 0) is 50.1 Å². The second kappa shape index (κ2) is 8.80. The molecule has 0 saturated carbocycles. The lowest BCUT2D eigenvalue weighted by Gasteiger charge is -2.13. The van der Waals surface area contributed by atoms with E-state index in [9.17, 15) is 9.59 Å². The van der Waals surface area contributed by atoms with Crippen molar-refractivity contribution in [2.45, 2.75) is 20.8 Å². The number of aromatic nitrogens is 3. The summed E-state index contributed by atoms with van der Waals surface area (Å²) in [4.78, 5) is 30.3. The van der Waals surface area contributed by atoms with Gasteiger partial charge in [0.15, 0.2) is 11.6 Å². The first kappa shape index (κ1) is 21.5. The second-order valence-corrected chi connectivity index (χ2v) is 7.65. The van der Waals surface area contributed by atoms with Crippen molar-refractivity contribution in [3.8, 4) is 5.82 Å². The molecule has 0 aliphatic heterocycles. The Kier molecular flexibility index (Phi) is 5.92. The number of hydrogen-bond acceptors (Lipinski definition) is 5. The van der Waals surface area contributed by atoms with Crippen molar-refractivity contribution >= 4 is 40.2 Å². The molecule has 0 unspecified atom stereocenters. The number of ether oxygens (including phenoxy) is 1. The lowest BCUT2D eigenvalue weighted by Crippen LogP contribution is -2.19. The van der Waals surface area contributed by atoms with Crippen LogP contribution in [-0.2, 0) is 4.74 Å². The summed E-state index contributed by atoms with van der Waals surface area (Å²) in [6, 6.07) is 14.5. The van der Waals surface area contributed by atoms with Gasteiger partial charge in [-0.25, -0.2) is 9.78 Å². The number of para-hydroxylation sites is 1. The average molecular weight is 449 g/mol. The summed E-state index contributed by atoms with van der Waals surface area (Å²) in [6.07, 6.45) is 1.36. The van der Waals surface area contributed by atoms with Gasteiger partial charge in [-0.15, -0.1) is 0 Å². The maximum Gasteiger partial charge on any atom is 0.343 e. The van der Waals surface area contributed by atoms with Crippen LogP contribution >= 0.6 is 11.6 Å². The summed E-state index contributed by atoms with van der Waals surface area (Å²) in [5, 5.41) is 8.43. The summed E-state index contributed by atoms with van der Waals surface area (Å²) in [6.45, 7) is 5.85. The van der Waals surface area contributed by atoms with Crippen LogP contribution < -0.4 is 5.32 Å². The predicted molar refractivity (Wildman–Crippen MR) is 124 cm³/mol. The smallest absolute Gasteiger partial charge is 0.343 e. The van der Waals surface area contributed by atoms with Crippen molar-refractivity contribution in [1.29, 1.82) is 0 Å². The monoisotopic (exact) mass is 448 g/mol. The zero-order valence-electron chi connectivity index (χ0n) is 17.8. The van der Waals surface area contributed by atoms with Crippen LogP contribution in [0.5, 0.6) is 0 Å². The van der Waals surface area contributed by atoms with Gasteiger partial charge in [-0.2, -0.15) is 9.78 Å². The number of carbonyl (C=O) groups is 2. The Hall–Kier alpha value is -3.71. The van der Waals surface area contributed by atoms with E-state index in [-0.39, 0.29) is 23.6 Å². The highest BCUT2D eigenvalue weighted by Gasteiger charge is 2.23. The van der Waals surface area contributed by atoms with Gasteiger partial charge in [0.2, 0.25) is 0 Å². The molecule has 0 radical (unpaired) electrons. The lowest BCUT2D eigenvalue weighted by atomic mass is 10.1. The molecule has 0 spiro atoms. The number of rotatable bonds is 5. The number of pyridine rings is 1. The quantitative estimate of drug-likeness (QED) is 0.428. The van der Waals surface area contributed by atoms with Gasteiger partial charge in [-0.1, -0.05) is 41.9 Å². The van der Waals surface area contributed by atoms with Gasteiger partial charge >= 0.3 is 5.97 Å². The fourth-order valence-electron chi connectivity index (χ4n) is 3.47. The van der Waals surface area contributed by atoms with Crippen LogP contribution in [0.2, 0.25) is 5.02 Å². The molecular formula is C24H21ClN4O3. The number of fused-ring (bicyclic) bond motifs is 1. The van der Waals surface area contributed by atoms with Crippen molar-refractivity contribution in [1.82, 2.24) is 14.8 Å². The molecule has 2 aromatic heterocycles. The summed E-state index contributed by atoms with van der Waals surface area (Å²) < 4.78 is 6.58. The average Bonchev–Trinajstić information content (AvgIpc) is 3.18. The van der Waals surface area contributed by atoms with Crippen LogP contribution in [0.3, 0.4) is 0 Å². The third-order valence-corrected chi connectivity index (χ3v) is 5.40. The minimum Gasteiger partial charge on any atom is -0.462 e. The fraction of sp³-hybridized carbons (Fsp3) is 0.167. The van der Waals surface area contributed by atoms with Gasteiger partial charge < -0.3 is 10.1 Å². The Morgan fingerprint density at radius 2 is 1.84 bits per heavy atom. The number of esters is 1. The van der Waals surface area contributed by atoms with Crippen LogP contribution in [0.4, 0.5) is 5.82 Å². The van der Waals surface area contributed by atoms with E-state index in [4.69, 9.17) is 21.3 Å². The van der Waals surface area contributed by atoms with Gasteiger partial charge in [0.05, 0.1) is 28.9 Å². The Balaban J connectivity index is 1.86. The first-order chi connectivity index (χ1) is 15.4. The van der Waals surface area contributed by atoms with Crippen LogP contribution in [0.15, 0.2) is 54.7 Å². The van der Waals surface area contributed by atoms with Crippen molar-refractivity contribution in [2.24, 2.45) is 0 Å². The first-order valence-corrected chi connectivity index (χ1v) is 10.5. The van der Waals surface area contributed by atoms with Crippen LogP contribution in [0.1, 0.15) is 38.8 Å². The molecule has 1 N–H and O–H groups in total. The van der Waals surface area contributed by atoms with Crippen LogP contribution in [0, 0.1) is 13.8 Å². The molecule has 0 aliphatic carbocycles. The molecule has 32 heavy (non-hydrogen) atoms. The maximum atomic E-state index is 13.0. The number of nitrogens with zero attached hydrogens (tertiary/aromatic N) is 3. The molecule has 0 atom stereocenters. The van der Waals surface area contributed by atoms with E-state index < -0.39 is 11.9 Å². The molecule has 4 aromatic rings. The highest BCUT2D eigenvalue weighted by Crippen LogP contribution is 2.27. The molecule has 0 fully saturated rings.